The Morgan fingerprint density at radius 3 is 2.68 bits per heavy atom. The Kier molecular flexibility index (Phi) is 5.40. The Morgan fingerprint density at radius 2 is 2.04 bits per heavy atom. The number of carbonyl (C=O) groups excluding carboxylic acids is 2. The lowest BCUT2D eigenvalue weighted by Gasteiger charge is -2.34. The van der Waals surface area contributed by atoms with Crippen molar-refractivity contribution in [2.75, 3.05) is 38.0 Å². The van der Waals surface area contributed by atoms with E-state index in [0.717, 1.165) is 0 Å². The fourth-order valence-corrected chi connectivity index (χ4v) is 3.21. The SMILES string of the molecule is Cc1ccc(C(=O)N2CCN(CC(=O)Nc3nccs3)CC2)cc1F. The highest BCUT2D eigenvalue weighted by Crippen LogP contribution is 2.14. The molecule has 0 atom stereocenters. The van der Waals surface area contributed by atoms with Crippen LogP contribution in [-0.4, -0.2) is 59.3 Å². The molecule has 2 amide bonds. The molecule has 0 saturated carbocycles. The number of piperazine rings is 1. The minimum absolute atomic E-state index is 0.115. The van der Waals surface area contributed by atoms with E-state index in [1.807, 2.05) is 4.90 Å². The summed E-state index contributed by atoms with van der Waals surface area (Å²) in [6.07, 6.45) is 1.64. The second-order valence-corrected chi connectivity index (χ2v) is 6.81. The van der Waals surface area contributed by atoms with E-state index in [1.54, 1.807) is 35.5 Å². The molecule has 1 aliphatic heterocycles. The number of nitrogens with one attached hydrogen (secondary N) is 1. The van der Waals surface area contributed by atoms with Gasteiger partial charge in [-0.2, -0.15) is 0 Å². The van der Waals surface area contributed by atoms with E-state index < -0.39 is 0 Å². The molecular formula is C17H19FN4O2S. The normalized spacial score (nSPS) is 15.2. The van der Waals surface area contributed by atoms with Crippen molar-refractivity contribution in [3.63, 3.8) is 0 Å². The summed E-state index contributed by atoms with van der Waals surface area (Å²) < 4.78 is 13.6. The molecule has 25 heavy (non-hydrogen) atoms. The van der Waals surface area contributed by atoms with Gasteiger partial charge in [-0.3, -0.25) is 14.5 Å². The zero-order chi connectivity index (χ0) is 17.8. The van der Waals surface area contributed by atoms with Crippen LogP contribution in [0.1, 0.15) is 15.9 Å². The molecule has 0 unspecified atom stereocenters. The Balaban J connectivity index is 1.50. The summed E-state index contributed by atoms with van der Waals surface area (Å²) >= 11 is 1.37. The molecule has 1 fully saturated rings. The molecular weight excluding hydrogens is 343 g/mol. The second kappa shape index (κ2) is 7.71. The van der Waals surface area contributed by atoms with Gasteiger partial charge >= 0.3 is 0 Å². The average molecular weight is 362 g/mol. The molecule has 3 rings (SSSR count). The molecule has 0 aliphatic carbocycles. The number of hydrogen-bond donors (Lipinski definition) is 1. The van der Waals surface area contributed by atoms with E-state index in [4.69, 9.17) is 0 Å². The predicted octanol–water partition coefficient (Wildman–Crippen LogP) is 1.99. The third-order valence-corrected chi connectivity index (χ3v) is 4.81. The van der Waals surface area contributed by atoms with Gasteiger partial charge < -0.3 is 10.2 Å². The molecule has 0 radical (unpaired) electrons. The first kappa shape index (κ1) is 17.5. The van der Waals surface area contributed by atoms with Gasteiger partial charge in [-0.1, -0.05) is 6.07 Å². The van der Waals surface area contributed by atoms with Crippen LogP contribution in [0.2, 0.25) is 0 Å². The average Bonchev–Trinajstić information content (AvgIpc) is 3.10. The number of amides is 2. The van der Waals surface area contributed by atoms with Gasteiger partial charge in [0.15, 0.2) is 5.13 Å². The molecule has 1 N–H and O–H groups in total. The van der Waals surface area contributed by atoms with Crippen LogP contribution in [0.15, 0.2) is 29.8 Å². The Bertz CT molecular complexity index is 758. The van der Waals surface area contributed by atoms with Gasteiger partial charge in [0, 0.05) is 43.3 Å². The number of carbonyl (C=O) groups is 2. The summed E-state index contributed by atoms with van der Waals surface area (Å²) in [7, 11) is 0. The number of nitrogens with zero attached hydrogens (tertiary/aromatic N) is 3. The van der Waals surface area contributed by atoms with Crippen LogP contribution in [0.3, 0.4) is 0 Å². The van der Waals surface area contributed by atoms with E-state index in [1.165, 1.54) is 17.4 Å². The number of thiazole rings is 1. The first-order chi connectivity index (χ1) is 12.0. The molecule has 8 heteroatoms. The third-order valence-electron chi connectivity index (χ3n) is 4.12. The molecule has 6 nitrogen and oxygen atoms in total. The van der Waals surface area contributed by atoms with Crippen LogP contribution in [-0.2, 0) is 4.79 Å². The fraction of sp³-hybridized carbons (Fsp3) is 0.353. The molecule has 1 saturated heterocycles. The van der Waals surface area contributed by atoms with E-state index in [2.05, 4.69) is 10.3 Å². The van der Waals surface area contributed by atoms with Crippen LogP contribution < -0.4 is 5.32 Å². The zero-order valence-electron chi connectivity index (χ0n) is 13.9. The van der Waals surface area contributed by atoms with E-state index in [-0.39, 0.29) is 24.2 Å². The highest BCUT2D eigenvalue weighted by Gasteiger charge is 2.23. The van der Waals surface area contributed by atoms with Crippen LogP contribution in [0.5, 0.6) is 0 Å². The summed E-state index contributed by atoms with van der Waals surface area (Å²) in [6, 6.07) is 4.54. The summed E-state index contributed by atoms with van der Waals surface area (Å²) in [5, 5.41) is 5.13. The standard InChI is InChI=1S/C17H19FN4O2S/c1-12-2-3-13(10-14(12)18)16(24)22-7-5-21(6-8-22)11-15(23)20-17-19-4-9-25-17/h2-4,9-10H,5-8,11H2,1H3,(H,19,20,23). The van der Waals surface area contributed by atoms with Crippen LogP contribution >= 0.6 is 11.3 Å². The fourth-order valence-electron chi connectivity index (χ4n) is 2.66. The quantitative estimate of drug-likeness (QED) is 0.903. The first-order valence-electron chi connectivity index (χ1n) is 8.00. The van der Waals surface area contributed by atoms with Gasteiger partial charge in [-0.05, 0) is 24.6 Å². The van der Waals surface area contributed by atoms with Gasteiger partial charge in [0.2, 0.25) is 5.91 Å². The van der Waals surface area contributed by atoms with Crippen molar-refractivity contribution in [2.45, 2.75) is 6.92 Å². The van der Waals surface area contributed by atoms with Gasteiger partial charge in [-0.25, -0.2) is 9.37 Å². The highest BCUT2D eigenvalue weighted by molar-refractivity contribution is 7.13. The van der Waals surface area contributed by atoms with Gasteiger partial charge in [0.05, 0.1) is 6.54 Å². The Morgan fingerprint density at radius 1 is 1.28 bits per heavy atom. The Hall–Kier alpha value is -2.32. The molecule has 1 aliphatic rings. The van der Waals surface area contributed by atoms with Crippen molar-refractivity contribution >= 4 is 28.3 Å². The number of aryl methyl sites for hydroxylation is 1. The number of rotatable bonds is 4. The maximum absolute atomic E-state index is 13.6. The monoisotopic (exact) mass is 362 g/mol. The number of anilines is 1. The second-order valence-electron chi connectivity index (χ2n) is 5.92. The predicted molar refractivity (Wildman–Crippen MR) is 94.2 cm³/mol. The molecule has 0 bridgehead atoms. The summed E-state index contributed by atoms with van der Waals surface area (Å²) in [6.45, 7) is 4.16. The minimum Gasteiger partial charge on any atom is -0.336 e. The zero-order valence-corrected chi connectivity index (χ0v) is 14.7. The summed E-state index contributed by atoms with van der Waals surface area (Å²) in [5.41, 5.74) is 0.880. The number of halogens is 1. The van der Waals surface area contributed by atoms with Crippen molar-refractivity contribution in [2.24, 2.45) is 0 Å². The molecule has 2 aromatic rings. The number of hydrogen-bond acceptors (Lipinski definition) is 5. The van der Waals surface area contributed by atoms with Crippen LogP contribution in [0.4, 0.5) is 9.52 Å². The summed E-state index contributed by atoms with van der Waals surface area (Å²) in [4.78, 5) is 32.1. The van der Waals surface area contributed by atoms with Gasteiger partial charge in [0.1, 0.15) is 5.82 Å². The van der Waals surface area contributed by atoms with Crippen LogP contribution in [0, 0.1) is 12.7 Å². The maximum atomic E-state index is 13.6. The largest absolute Gasteiger partial charge is 0.336 e. The number of aromatic nitrogens is 1. The van der Waals surface area contributed by atoms with Crippen molar-refractivity contribution in [3.8, 4) is 0 Å². The topological polar surface area (TPSA) is 65.5 Å². The molecule has 1 aromatic carbocycles. The minimum atomic E-state index is -0.372. The molecule has 132 valence electrons. The van der Waals surface area contributed by atoms with Gasteiger partial charge in [-0.15, -0.1) is 11.3 Å². The number of benzene rings is 1. The smallest absolute Gasteiger partial charge is 0.254 e. The first-order valence-corrected chi connectivity index (χ1v) is 8.88. The van der Waals surface area contributed by atoms with Crippen molar-refractivity contribution in [1.82, 2.24) is 14.8 Å². The molecule has 1 aromatic heterocycles. The maximum Gasteiger partial charge on any atom is 0.254 e. The summed E-state index contributed by atoms with van der Waals surface area (Å²) in [5.74, 6) is -0.663. The Labute approximate surface area is 149 Å². The molecule has 2 heterocycles. The molecule has 0 spiro atoms. The lowest BCUT2D eigenvalue weighted by Crippen LogP contribution is -2.50. The van der Waals surface area contributed by atoms with E-state index in [0.29, 0.717) is 42.4 Å². The van der Waals surface area contributed by atoms with Crippen molar-refractivity contribution < 1.29 is 14.0 Å². The van der Waals surface area contributed by atoms with E-state index >= 15 is 0 Å². The van der Waals surface area contributed by atoms with Gasteiger partial charge in [0.25, 0.3) is 5.91 Å². The van der Waals surface area contributed by atoms with Crippen molar-refractivity contribution in [1.29, 1.82) is 0 Å². The lowest BCUT2D eigenvalue weighted by molar-refractivity contribution is -0.117. The van der Waals surface area contributed by atoms with Crippen LogP contribution in [0.25, 0.3) is 0 Å². The van der Waals surface area contributed by atoms with Crippen molar-refractivity contribution in [3.05, 3.63) is 46.7 Å². The van der Waals surface area contributed by atoms with E-state index in [9.17, 15) is 14.0 Å². The lowest BCUT2D eigenvalue weighted by atomic mass is 10.1. The highest BCUT2D eigenvalue weighted by atomic mass is 32.1. The third kappa shape index (κ3) is 4.40.